The molecular weight excluding hydrogens is 1310 g/mol. The van der Waals surface area contributed by atoms with Gasteiger partial charge in [0.1, 0.15) is 70.6 Å². The Labute approximate surface area is 572 Å². The minimum absolute atomic E-state index is 0.0504. The van der Waals surface area contributed by atoms with Gasteiger partial charge in [0.2, 0.25) is 11.6 Å². The topological polar surface area (TPSA) is 394 Å². The van der Waals surface area contributed by atoms with Gasteiger partial charge in [0.25, 0.3) is 35.4 Å². The molecule has 30 nitrogen and oxygen atoms in total. The Bertz CT molecular complexity index is 4820. The average molecular weight is 1370 g/mol. The summed E-state index contributed by atoms with van der Waals surface area (Å²) >= 11 is 0. The predicted molar refractivity (Wildman–Crippen MR) is 355 cm³/mol. The number of benzene rings is 6. The first-order chi connectivity index (χ1) is 48.8. The molecule has 0 bridgehead atoms. The van der Waals surface area contributed by atoms with Crippen LogP contribution in [0.5, 0.6) is 0 Å². The second-order valence-electron chi connectivity index (χ2n) is 22.2. The van der Waals surface area contributed by atoms with Crippen LogP contribution in [0.3, 0.4) is 0 Å². The average Bonchev–Trinajstić information content (AvgIpc) is 1.83. The number of carbonyl (C=O) groups is 6. The molecule has 101 heavy (non-hydrogen) atoms. The van der Waals surface area contributed by atoms with Crippen LogP contribution in [0.25, 0.3) is 34.2 Å². The highest BCUT2D eigenvalue weighted by molar-refractivity contribution is 5.99. The number of aromatic nitrogens is 18. The zero-order chi connectivity index (χ0) is 71.4. The van der Waals surface area contributed by atoms with E-state index in [2.05, 4.69) is 113 Å². The molecular formula is C68H61F3N24O6. The molecule has 510 valence electrons. The standard InChI is InChI=1S/2C23H21FN8O2.C22H19FN8O2/c1-14(16-5-7-17(8-6-16)21-29-30-31-32(21)2)28-23(34)20-11-19(26-13-27-20)22(33)25-12-15-3-9-18(24)10-4-15;1-14(16-5-7-17(8-6-16)21-29-31-32(2)30-21)28-23(34)20-11-19(26-13-27-20)22(33)25-12-15-3-9-18(24)10-4-15;1-13(15-4-6-16(7-5-15)20-28-30-31-29-20)27-22(33)19-10-18(25-12-26-19)21(32)24-11-14-2-8-17(23)9-3-14/h2*3-11,13-14H,12H2,1-2H3,(H,25,33)(H,28,34);2-10,12-13H,11H2,1H3,(H,24,32)(H,27,33)(H,28,29,30,31)/t2*14-;13-/m000/s1. The summed E-state index contributed by atoms with van der Waals surface area (Å²) in [5, 5.41) is 53.8. The lowest BCUT2D eigenvalue weighted by atomic mass is 10.1. The fourth-order valence-electron chi connectivity index (χ4n) is 9.42. The number of halogens is 3. The first-order valence-corrected chi connectivity index (χ1v) is 30.8. The summed E-state index contributed by atoms with van der Waals surface area (Å²) in [6.45, 7) is 6.10. The molecule has 0 saturated carbocycles. The van der Waals surface area contributed by atoms with Crippen molar-refractivity contribution < 1.29 is 41.9 Å². The first kappa shape index (κ1) is 70.2. The molecule has 12 rings (SSSR count). The Hall–Kier alpha value is -13.6. The molecule has 0 aliphatic carbocycles. The van der Waals surface area contributed by atoms with Crippen molar-refractivity contribution in [1.82, 2.24) is 123 Å². The Morgan fingerprint density at radius 3 is 1.05 bits per heavy atom. The number of carbonyl (C=O) groups excluding carboxylic acids is 6. The van der Waals surface area contributed by atoms with Crippen molar-refractivity contribution in [2.75, 3.05) is 0 Å². The number of nitrogens with one attached hydrogen (secondary N) is 7. The van der Waals surface area contributed by atoms with E-state index in [9.17, 15) is 41.9 Å². The van der Waals surface area contributed by atoms with Crippen LogP contribution in [0.2, 0.25) is 0 Å². The van der Waals surface area contributed by atoms with Crippen LogP contribution in [0, 0.1) is 17.5 Å². The molecule has 3 atom stereocenters. The Morgan fingerprint density at radius 1 is 0.406 bits per heavy atom. The van der Waals surface area contributed by atoms with E-state index in [4.69, 9.17) is 0 Å². The quantitative estimate of drug-likeness (QED) is 0.0395. The zero-order valence-electron chi connectivity index (χ0n) is 54.4. The summed E-state index contributed by atoms with van der Waals surface area (Å²) < 4.78 is 40.6. The fraction of sp³-hybridized carbons (Fsp3) is 0.162. The maximum Gasteiger partial charge on any atom is 0.270 e. The van der Waals surface area contributed by atoms with E-state index in [0.29, 0.717) is 17.5 Å². The molecule has 0 unspecified atom stereocenters. The van der Waals surface area contributed by atoms with E-state index in [0.717, 1.165) is 69.1 Å². The lowest BCUT2D eigenvalue weighted by molar-refractivity contribution is 0.0921. The van der Waals surface area contributed by atoms with Crippen molar-refractivity contribution >= 4 is 35.4 Å². The molecule has 33 heteroatoms. The normalized spacial score (nSPS) is 11.6. The molecule has 0 radical (unpaired) electrons. The Kier molecular flexibility index (Phi) is 23.2. The van der Waals surface area contributed by atoms with Crippen molar-refractivity contribution in [1.29, 1.82) is 0 Å². The van der Waals surface area contributed by atoms with Crippen LogP contribution >= 0.6 is 0 Å². The second kappa shape index (κ2) is 33.4. The highest BCUT2D eigenvalue weighted by Crippen LogP contribution is 2.23. The smallest absolute Gasteiger partial charge is 0.270 e. The summed E-state index contributed by atoms with van der Waals surface area (Å²) in [7, 11) is 3.45. The number of rotatable bonds is 21. The van der Waals surface area contributed by atoms with Gasteiger partial charge >= 0.3 is 0 Å². The van der Waals surface area contributed by atoms with Crippen LogP contribution in [-0.4, -0.2) is 126 Å². The van der Waals surface area contributed by atoms with Crippen molar-refractivity contribution in [2.24, 2.45) is 14.1 Å². The number of hydrogen-bond acceptors (Lipinski definition) is 21. The Morgan fingerprint density at radius 2 is 0.743 bits per heavy atom. The monoisotopic (exact) mass is 1370 g/mol. The summed E-state index contributed by atoms with van der Waals surface area (Å²) in [5.74, 6) is -2.18. The van der Waals surface area contributed by atoms with Crippen LogP contribution < -0.4 is 31.9 Å². The minimum Gasteiger partial charge on any atom is -0.347 e. The highest BCUT2D eigenvalue weighted by Gasteiger charge is 2.21. The maximum atomic E-state index is 13.0. The van der Waals surface area contributed by atoms with E-state index in [-0.39, 0.29) is 89.4 Å². The lowest BCUT2D eigenvalue weighted by Crippen LogP contribution is -2.29. The van der Waals surface area contributed by atoms with Gasteiger partial charge in [0.05, 0.1) is 25.2 Å². The second-order valence-corrected chi connectivity index (χ2v) is 22.2. The fourth-order valence-corrected chi connectivity index (χ4v) is 9.42. The van der Waals surface area contributed by atoms with Gasteiger partial charge in [-0.3, -0.25) is 28.8 Å². The van der Waals surface area contributed by atoms with E-state index < -0.39 is 35.4 Å². The lowest BCUT2D eigenvalue weighted by Gasteiger charge is -2.14. The number of aryl methyl sites for hydroxylation is 2. The molecule has 6 aromatic heterocycles. The molecule has 6 amide bonds. The van der Waals surface area contributed by atoms with Gasteiger partial charge in [0.15, 0.2) is 5.82 Å². The summed E-state index contributed by atoms with van der Waals surface area (Å²) in [5.41, 5.74) is 7.60. The van der Waals surface area contributed by atoms with Gasteiger partial charge in [-0.05, 0) is 111 Å². The van der Waals surface area contributed by atoms with Gasteiger partial charge < -0.3 is 31.9 Å². The van der Waals surface area contributed by atoms with Gasteiger partial charge in [0, 0.05) is 61.6 Å². The Balaban J connectivity index is 0.000000163. The number of hydrogen-bond donors (Lipinski definition) is 7. The molecule has 12 aromatic rings. The maximum absolute atomic E-state index is 13.0. The van der Waals surface area contributed by atoms with Crippen LogP contribution in [-0.2, 0) is 33.7 Å². The summed E-state index contributed by atoms with van der Waals surface area (Å²) in [6.07, 6.45) is 3.48. The number of amides is 6. The van der Waals surface area contributed by atoms with Crippen LogP contribution in [0.1, 0.15) is 135 Å². The molecule has 6 aromatic carbocycles. The van der Waals surface area contributed by atoms with E-state index in [1.165, 1.54) is 59.4 Å². The van der Waals surface area contributed by atoms with Crippen molar-refractivity contribution in [3.8, 4) is 34.2 Å². The summed E-state index contributed by atoms with van der Waals surface area (Å²) in [4.78, 5) is 101. The number of aromatic amines is 1. The first-order valence-electron chi connectivity index (χ1n) is 30.8. The third-order valence-corrected chi connectivity index (χ3v) is 15.0. The molecule has 0 fully saturated rings. The molecule has 6 heterocycles. The third kappa shape index (κ3) is 19.5. The zero-order valence-corrected chi connectivity index (χ0v) is 54.4. The van der Waals surface area contributed by atoms with Gasteiger partial charge in [-0.25, -0.2) is 47.8 Å². The largest absolute Gasteiger partial charge is 0.347 e. The van der Waals surface area contributed by atoms with Crippen LogP contribution in [0.4, 0.5) is 13.2 Å². The van der Waals surface area contributed by atoms with Crippen LogP contribution in [0.15, 0.2) is 183 Å². The highest BCUT2D eigenvalue weighted by atomic mass is 19.1. The van der Waals surface area contributed by atoms with Gasteiger partial charge in [-0.1, -0.05) is 109 Å². The van der Waals surface area contributed by atoms with Gasteiger partial charge in [-0.2, -0.15) is 10.0 Å². The number of H-pyrrole nitrogens is 1. The summed E-state index contributed by atoms with van der Waals surface area (Å²) in [6, 6.07) is 42.7. The van der Waals surface area contributed by atoms with Gasteiger partial charge in [-0.15, -0.1) is 25.5 Å². The van der Waals surface area contributed by atoms with E-state index >= 15 is 0 Å². The molecule has 0 aliphatic heterocycles. The van der Waals surface area contributed by atoms with Crippen molar-refractivity contribution in [3.63, 3.8) is 0 Å². The number of tetrazole rings is 3. The minimum atomic E-state index is -0.471. The third-order valence-electron chi connectivity index (χ3n) is 15.0. The number of nitrogens with zero attached hydrogens (tertiary/aromatic N) is 17. The van der Waals surface area contributed by atoms with E-state index in [1.807, 2.05) is 93.6 Å². The molecule has 0 spiro atoms. The SMILES string of the molecule is C[C@H](NC(=O)c1cc(C(=O)NCc2ccc(F)cc2)ncn1)c1ccc(-c2nn[nH]n2)cc1.C[C@H](NC(=O)c1cc(C(=O)NCc2ccc(F)cc2)ncn1)c1ccc(-c2nnn(C)n2)cc1.C[C@H](NC(=O)c1cc(C(=O)NCc2ccc(F)cc2)ncn1)c1ccc(-c2nnnn2C)cc1. The molecule has 7 N–H and O–H groups in total. The van der Waals surface area contributed by atoms with E-state index in [1.54, 1.807) is 55.2 Å². The van der Waals surface area contributed by atoms with Crippen molar-refractivity contribution in [2.45, 2.75) is 58.5 Å². The molecule has 0 aliphatic rings. The van der Waals surface area contributed by atoms with Crippen molar-refractivity contribution in [3.05, 3.63) is 268 Å². The predicted octanol–water partition coefficient (Wildman–Crippen LogP) is 6.67. The molecule has 0 saturated heterocycles.